The summed E-state index contributed by atoms with van der Waals surface area (Å²) in [7, 11) is 1.56. The number of nitrogens with zero attached hydrogens (tertiary/aromatic N) is 4. The lowest BCUT2D eigenvalue weighted by Crippen LogP contribution is -2.24. The molecule has 0 fully saturated rings. The topological polar surface area (TPSA) is 78.4 Å². The third kappa shape index (κ3) is 2.25. The summed E-state index contributed by atoms with van der Waals surface area (Å²) in [5.41, 5.74) is 3.67. The van der Waals surface area contributed by atoms with Crippen molar-refractivity contribution in [1.82, 2.24) is 10.2 Å². The van der Waals surface area contributed by atoms with Gasteiger partial charge in [0.15, 0.2) is 5.70 Å². The zero-order valence-corrected chi connectivity index (χ0v) is 13.1. The Kier molecular flexibility index (Phi) is 3.59. The van der Waals surface area contributed by atoms with Crippen LogP contribution in [0.4, 0.5) is 0 Å². The summed E-state index contributed by atoms with van der Waals surface area (Å²) in [5, 5.41) is 17.4. The fourth-order valence-corrected chi connectivity index (χ4v) is 3.04. The molecule has 3 rings (SSSR count). The quantitative estimate of drug-likeness (QED) is 0.863. The highest BCUT2D eigenvalue weighted by atomic mass is 16.5. The van der Waals surface area contributed by atoms with Gasteiger partial charge in [0.25, 0.3) is 0 Å². The molecule has 0 amide bonds. The lowest BCUT2D eigenvalue weighted by molar-refractivity contribution is 0.401. The van der Waals surface area contributed by atoms with Crippen LogP contribution in [0.1, 0.15) is 25.3 Å². The fourth-order valence-electron chi connectivity index (χ4n) is 3.04. The maximum Gasteiger partial charge on any atom is 0.240 e. The second-order valence-corrected chi connectivity index (χ2v) is 5.46. The van der Waals surface area contributed by atoms with Gasteiger partial charge in [-0.1, -0.05) is 6.07 Å². The SMILES string of the molecule is [C-]#[N+]C1=C(C)N=C(C)C(C#N)C1c1ccc2[nH]nc(OC)c2c1. The van der Waals surface area contributed by atoms with Crippen LogP contribution in [0.15, 0.2) is 34.6 Å². The number of nitrogens with one attached hydrogen (secondary N) is 1. The minimum atomic E-state index is -0.446. The molecule has 2 aromatic rings. The van der Waals surface area contributed by atoms with Crippen LogP contribution in [0, 0.1) is 23.8 Å². The molecule has 0 aliphatic carbocycles. The molecule has 0 radical (unpaired) electrons. The van der Waals surface area contributed by atoms with E-state index in [9.17, 15) is 5.26 Å². The van der Waals surface area contributed by atoms with Crippen LogP contribution < -0.4 is 4.74 Å². The average molecular weight is 305 g/mol. The Balaban J connectivity index is 2.21. The Hall–Kier alpha value is -3.12. The number of methoxy groups -OCH3 is 1. The Morgan fingerprint density at radius 1 is 1.39 bits per heavy atom. The van der Waals surface area contributed by atoms with Gasteiger partial charge in [-0.05, 0) is 31.5 Å². The number of rotatable bonds is 2. The van der Waals surface area contributed by atoms with Gasteiger partial charge in [0, 0.05) is 17.3 Å². The molecular weight excluding hydrogens is 290 g/mol. The third-order valence-corrected chi connectivity index (χ3v) is 4.16. The smallest absolute Gasteiger partial charge is 0.240 e. The highest BCUT2D eigenvalue weighted by Crippen LogP contribution is 2.40. The molecule has 1 aliphatic heterocycles. The molecule has 0 saturated carbocycles. The molecular formula is C17H15N5O. The zero-order chi connectivity index (χ0) is 16.6. The van der Waals surface area contributed by atoms with E-state index in [2.05, 4.69) is 26.1 Å². The summed E-state index contributed by atoms with van der Waals surface area (Å²) in [6, 6.07) is 8.05. The number of benzene rings is 1. The normalized spacial score (nSPS) is 20.8. The van der Waals surface area contributed by atoms with Crippen LogP contribution in [-0.4, -0.2) is 23.0 Å². The zero-order valence-electron chi connectivity index (χ0n) is 13.1. The van der Waals surface area contributed by atoms with Crippen molar-refractivity contribution >= 4 is 16.6 Å². The summed E-state index contributed by atoms with van der Waals surface area (Å²) in [5.74, 6) is -0.265. The van der Waals surface area contributed by atoms with E-state index in [1.54, 1.807) is 7.11 Å². The standard InChI is InChI=1S/C17H15N5O/c1-9-13(8-18)15(16(19-3)10(2)20-9)11-5-6-14-12(7-11)17(23-4)22-21-14/h5-7,13,15H,1-2,4H3,(H,21,22). The molecule has 114 valence electrons. The van der Waals surface area contributed by atoms with E-state index in [0.717, 1.165) is 22.2 Å². The van der Waals surface area contributed by atoms with Gasteiger partial charge < -0.3 is 4.74 Å². The minimum Gasteiger partial charge on any atom is -0.480 e. The highest BCUT2D eigenvalue weighted by molar-refractivity contribution is 5.91. The fraction of sp³-hybridized carbons (Fsp3) is 0.294. The van der Waals surface area contributed by atoms with E-state index in [0.29, 0.717) is 17.3 Å². The molecule has 23 heavy (non-hydrogen) atoms. The Morgan fingerprint density at radius 3 is 2.83 bits per heavy atom. The van der Waals surface area contributed by atoms with Crippen LogP contribution in [0.25, 0.3) is 15.7 Å². The number of aliphatic imine (C=N–C) groups is 1. The average Bonchev–Trinajstić information content (AvgIpc) is 2.96. The van der Waals surface area contributed by atoms with Gasteiger partial charge >= 0.3 is 0 Å². The Labute approximate surface area is 133 Å². The monoisotopic (exact) mass is 305 g/mol. The summed E-state index contributed by atoms with van der Waals surface area (Å²) >= 11 is 0. The predicted molar refractivity (Wildman–Crippen MR) is 86.9 cm³/mol. The third-order valence-electron chi connectivity index (χ3n) is 4.16. The van der Waals surface area contributed by atoms with Crippen molar-refractivity contribution in [3.05, 3.63) is 46.6 Å². The van der Waals surface area contributed by atoms with Gasteiger partial charge in [0.2, 0.25) is 5.88 Å². The first-order chi connectivity index (χ1) is 11.1. The Bertz CT molecular complexity index is 923. The molecule has 0 spiro atoms. The Morgan fingerprint density at radius 2 is 2.17 bits per heavy atom. The van der Waals surface area contributed by atoms with Crippen molar-refractivity contribution in [2.45, 2.75) is 19.8 Å². The van der Waals surface area contributed by atoms with Gasteiger partial charge in [-0.2, -0.15) is 5.26 Å². The van der Waals surface area contributed by atoms with Crippen molar-refractivity contribution in [3.63, 3.8) is 0 Å². The number of aromatic nitrogens is 2. The number of hydrogen-bond acceptors (Lipinski definition) is 4. The molecule has 1 aliphatic rings. The molecule has 1 aromatic heterocycles. The van der Waals surface area contributed by atoms with E-state index in [1.165, 1.54) is 0 Å². The van der Waals surface area contributed by atoms with Crippen molar-refractivity contribution in [2.24, 2.45) is 10.9 Å². The van der Waals surface area contributed by atoms with Gasteiger partial charge in [-0.15, -0.1) is 5.10 Å². The molecule has 2 atom stereocenters. The molecule has 0 saturated heterocycles. The molecule has 6 heteroatoms. The second kappa shape index (κ2) is 5.58. The van der Waals surface area contributed by atoms with E-state index in [-0.39, 0.29) is 5.92 Å². The van der Waals surface area contributed by atoms with Crippen molar-refractivity contribution in [3.8, 4) is 11.9 Å². The van der Waals surface area contributed by atoms with Gasteiger partial charge in [-0.3, -0.25) is 10.1 Å². The first kappa shape index (κ1) is 14.8. The van der Waals surface area contributed by atoms with Crippen LogP contribution >= 0.6 is 0 Å². The predicted octanol–water partition coefficient (Wildman–Crippen LogP) is 3.42. The lowest BCUT2D eigenvalue weighted by Gasteiger charge is -2.26. The molecule has 1 N–H and O–H groups in total. The van der Waals surface area contributed by atoms with E-state index >= 15 is 0 Å². The summed E-state index contributed by atoms with van der Waals surface area (Å²) < 4.78 is 5.25. The molecule has 1 aromatic carbocycles. The van der Waals surface area contributed by atoms with Crippen LogP contribution in [0.3, 0.4) is 0 Å². The number of ether oxygens (including phenoxy) is 1. The van der Waals surface area contributed by atoms with E-state index in [4.69, 9.17) is 11.3 Å². The maximum atomic E-state index is 9.57. The van der Waals surface area contributed by atoms with E-state index in [1.807, 2.05) is 32.0 Å². The largest absolute Gasteiger partial charge is 0.480 e. The number of aromatic amines is 1. The minimum absolute atomic E-state index is 0.320. The summed E-state index contributed by atoms with van der Waals surface area (Å²) in [6.45, 7) is 11.1. The summed E-state index contributed by atoms with van der Waals surface area (Å²) in [6.07, 6.45) is 0. The maximum absolute atomic E-state index is 9.57. The van der Waals surface area contributed by atoms with Gasteiger partial charge in [0.1, 0.15) is 0 Å². The first-order valence-corrected chi connectivity index (χ1v) is 7.15. The second-order valence-electron chi connectivity index (χ2n) is 5.46. The van der Waals surface area contributed by atoms with Crippen molar-refractivity contribution in [2.75, 3.05) is 7.11 Å². The van der Waals surface area contributed by atoms with Crippen LogP contribution in [-0.2, 0) is 0 Å². The number of allylic oxidation sites excluding steroid dienone is 2. The first-order valence-electron chi connectivity index (χ1n) is 7.15. The summed E-state index contributed by atoms with van der Waals surface area (Å²) in [4.78, 5) is 8.01. The van der Waals surface area contributed by atoms with Crippen molar-refractivity contribution in [1.29, 1.82) is 5.26 Å². The number of nitriles is 1. The molecule has 2 heterocycles. The number of hydrogen-bond donors (Lipinski definition) is 1. The lowest BCUT2D eigenvalue weighted by atomic mass is 9.79. The van der Waals surface area contributed by atoms with Crippen LogP contribution in [0.5, 0.6) is 5.88 Å². The molecule has 6 nitrogen and oxygen atoms in total. The van der Waals surface area contributed by atoms with Crippen molar-refractivity contribution < 1.29 is 4.74 Å². The van der Waals surface area contributed by atoms with Crippen LogP contribution in [0.2, 0.25) is 0 Å². The number of fused-ring (bicyclic) bond motifs is 1. The molecule has 0 bridgehead atoms. The van der Waals surface area contributed by atoms with Gasteiger partial charge in [-0.25, -0.2) is 4.85 Å². The van der Waals surface area contributed by atoms with Gasteiger partial charge in [0.05, 0.1) is 36.6 Å². The van der Waals surface area contributed by atoms with E-state index < -0.39 is 5.92 Å². The molecule has 2 unspecified atom stereocenters. The number of H-pyrrole nitrogens is 1. The highest BCUT2D eigenvalue weighted by Gasteiger charge is 2.34.